The molecule has 2 heterocycles. The van der Waals surface area contributed by atoms with Crippen molar-refractivity contribution in [1.82, 2.24) is 18.6 Å². The Morgan fingerprint density at radius 1 is 1.21 bits per heavy atom. The highest BCUT2D eigenvalue weighted by atomic mass is 32.2. The SMILES string of the molecule is CCN(CC)S(=O)(=O)N1CCCC(Cc2nccnc2N(C)C)C1. The van der Waals surface area contributed by atoms with E-state index in [0.29, 0.717) is 26.2 Å². The lowest BCUT2D eigenvalue weighted by atomic mass is 9.94. The van der Waals surface area contributed by atoms with Crippen molar-refractivity contribution in [3.63, 3.8) is 0 Å². The topological polar surface area (TPSA) is 69.6 Å². The van der Waals surface area contributed by atoms with Crippen LogP contribution in [0.3, 0.4) is 0 Å². The minimum atomic E-state index is -3.36. The molecule has 0 N–H and O–H groups in total. The van der Waals surface area contributed by atoms with Gasteiger partial charge in [0.2, 0.25) is 0 Å². The zero-order valence-corrected chi connectivity index (χ0v) is 16.0. The summed E-state index contributed by atoms with van der Waals surface area (Å²) in [5.41, 5.74) is 0.939. The fourth-order valence-corrected chi connectivity index (χ4v) is 5.00. The summed E-state index contributed by atoms with van der Waals surface area (Å²) < 4.78 is 28.6. The molecule has 0 spiro atoms. The van der Waals surface area contributed by atoms with Crippen LogP contribution in [0.15, 0.2) is 12.4 Å². The smallest absolute Gasteiger partial charge is 0.281 e. The van der Waals surface area contributed by atoms with Crippen LogP contribution in [0.1, 0.15) is 32.4 Å². The summed E-state index contributed by atoms with van der Waals surface area (Å²) in [6.45, 7) is 5.94. The van der Waals surface area contributed by atoms with Crippen molar-refractivity contribution in [2.24, 2.45) is 5.92 Å². The summed E-state index contributed by atoms with van der Waals surface area (Å²) in [4.78, 5) is 10.8. The van der Waals surface area contributed by atoms with Crippen LogP contribution in [0, 0.1) is 5.92 Å². The number of hydrogen-bond acceptors (Lipinski definition) is 5. The van der Waals surface area contributed by atoms with E-state index in [9.17, 15) is 8.42 Å². The van der Waals surface area contributed by atoms with Gasteiger partial charge in [0.25, 0.3) is 10.2 Å². The summed E-state index contributed by atoms with van der Waals surface area (Å²) in [5, 5.41) is 0. The standard InChI is InChI=1S/C16H29N5O2S/c1-5-20(6-2)24(22,23)21-11-7-8-14(13-21)12-15-16(19(3)4)18-10-9-17-15/h9-10,14H,5-8,11-13H2,1-4H3. The van der Waals surface area contributed by atoms with Crippen LogP contribution in [0.4, 0.5) is 5.82 Å². The number of piperidine rings is 1. The van der Waals surface area contributed by atoms with Gasteiger partial charge in [0, 0.05) is 52.7 Å². The number of rotatable bonds is 7. The lowest BCUT2D eigenvalue weighted by Gasteiger charge is -2.35. The Morgan fingerprint density at radius 2 is 1.88 bits per heavy atom. The highest BCUT2D eigenvalue weighted by Crippen LogP contribution is 2.25. The van der Waals surface area contributed by atoms with Crippen LogP contribution in [-0.2, 0) is 16.6 Å². The fraction of sp³-hybridized carbons (Fsp3) is 0.750. The minimum absolute atomic E-state index is 0.277. The molecule has 1 aromatic rings. The molecule has 1 fully saturated rings. The van der Waals surface area contributed by atoms with Crippen LogP contribution >= 0.6 is 0 Å². The van der Waals surface area contributed by atoms with Crippen molar-refractivity contribution in [2.75, 3.05) is 45.2 Å². The van der Waals surface area contributed by atoms with Gasteiger partial charge in [-0.25, -0.2) is 4.98 Å². The van der Waals surface area contributed by atoms with E-state index in [-0.39, 0.29) is 5.92 Å². The number of hydrogen-bond donors (Lipinski definition) is 0. The highest BCUT2D eigenvalue weighted by molar-refractivity contribution is 7.86. The van der Waals surface area contributed by atoms with E-state index < -0.39 is 10.2 Å². The zero-order valence-electron chi connectivity index (χ0n) is 15.1. The molecule has 0 aliphatic carbocycles. The number of anilines is 1. The summed E-state index contributed by atoms with van der Waals surface area (Å²) in [6.07, 6.45) is 6.06. The Kier molecular flexibility index (Phi) is 6.54. The van der Waals surface area contributed by atoms with E-state index in [4.69, 9.17) is 0 Å². The second-order valence-corrected chi connectivity index (χ2v) is 8.31. The monoisotopic (exact) mass is 355 g/mol. The molecule has 0 radical (unpaired) electrons. The van der Waals surface area contributed by atoms with Crippen LogP contribution in [0.25, 0.3) is 0 Å². The molecule has 2 rings (SSSR count). The Labute approximate surface area is 145 Å². The average Bonchev–Trinajstić information content (AvgIpc) is 2.56. The van der Waals surface area contributed by atoms with Crippen molar-refractivity contribution in [2.45, 2.75) is 33.1 Å². The fourth-order valence-electron chi connectivity index (χ4n) is 3.27. The van der Waals surface area contributed by atoms with Gasteiger partial charge < -0.3 is 4.90 Å². The molecular formula is C16H29N5O2S. The van der Waals surface area contributed by atoms with Gasteiger partial charge in [0.1, 0.15) is 5.82 Å². The van der Waals surface area contributed by atoms with Crippen molar-refractivity contribution < 1.29 is 8.42 Å². The molecule has 7 nitrogen and oxygen atoms in total. The van der Waals surface area contributed by atoms with E-state index in [1.54, 1.807) is 16.7 Å². The van der Waals surface area contributed by atoms with Crippen molar-refractivity contribution in [3.8, 4) is 0 Å². The Morgan fingerprint density at radius 3 is 2.50 bits per heavy atom. The van der Waals surface area contributed by atoms with Gasteiger partial charge in [-0.2, -0.15) is 17.0 Å². The number of nitrogens with zero attached hydrogens (tertiary/aromatic N) is 5. The van der Waals surface area contributed by atoms with E-state index >= 15 is 0 Å². The predicted molar refractivity (Wildman–Crippen MR) is 96.2 cm³/mol. The minimum Gasteiger partial charge on any atom is -0.361 e. The second kappa shape index (κ2) is 8.22. The van der Waals surface area contributed by atoms with Crippen LogP contribution < -0.4 is 4.90 Å². The Balaban J connectivity index is 2.12. The summed E-state index contributed by atoms with van der Waals surface area (Å²) >= 11 is 0. The van der Waals surface area contributed by atoms with Gasteiger partial charge in [-0.15, -0.1) is 0 Å². The first-order chi connectivity index (χ1) is 11.4. The maximum Gasteiger partial charge on any atom is 0.281 e. The zero-order chi connectivity index (χ0) is 17.7. The van der Waals surface area contributed by atoms with E-state index in [2.05, 4.69) is 9.97 Å². The van der Waals surface area contributed by atoms with Crippen molar-refractivity contribution in [3.05, 3.63) is 18.1 Å². The van der Waals surface area contributed by atoms with Gasteiger partial charge in [-0.05, 0) is 25.2 Å². The largest absolute Gasteiger partial charge is 0.361 e. The van der Waals surface area contributed by atoms with Gasteiger partial charge >= 0.3 is 0 Å². The van der Waals surface area contributed by atoms with Crippen molar-refractivity contribution in [1.29, 1.82) is 0 Å². The first kappa shape index (κ1) is 19.1. The molecule has 1 unspecified atom stereocenters. The quantitative estimate of drug-likeness (QED) is 0.739. The normalized spacial score (nSPS) is 19.6. The Bertz CT molecular complexity index is 631. The molecule has 0 amide bonds. The molecule has 1 aliphatic heterocycles. The van der Waals surface area contributed by atoms with Crippen molar-refractivity contribution >= 4 is 16.0 Å². The van der Waals surface area contributed by atoms with E-state index in [0.717, 1.165) is 30.8 Å². The first-order valence-corrected chi connectivity index (χ1v) is 10.0. The second-order valence-electron chi connectivity index (χ2n) is 6.38. The molecule has 1 atom stereocenters. The summed E-state index contributed by atoms with van der Waals surface area (Å²) in [5.74, 6) is 1.14. The highest BCUT2D eigenvalue weighted by Gasteiger charge is 2.32. The molecule has 0 saturated carbocycles. The van der Waals surface area contributed by atoms with Gasteiger partial charge in [-0.1, -0.05) is 13.8 Å². The van der Waals surface area contributed by atoms with Gasteiger partial charge in [-0.3, -0.25) is 4.98 Å². The van der Waals surface area contributed by atoms with E-state index in [1.165, 1.54) is 4.31 Å². The molecular weight excluding hydrogens is 326 g/mol. The first-order valence-electron chi connectivity index (χ1n) is 8.62. The third-order valence-corrected chi connectivity index (χ3v) is 6.65. The summed E-state index contributed by atoms with van der Waals surface area (Å²) in [7, 11) is 0.544. The van der Waals surface area contributed by atoms with Crippen LogP contribution in [-0.4, -0.2) is 67.3 Å². The molecule has 0 bridgehead atoms. The molecule has 8 heteroatoms. The predicted octanol–water partition coefficient (Wildman–Crippen LogP) is 1.38. The molecule has 1 aromatic heterocycles. The average molecular weight is 356 g/mol. The third-order valence-electron chi connectivity index (χ3n) is 4.50. The third kappa shape index (κ3) is 4.23. The van der Waals surface area contributed by atoms with Crippen LogP contribution in [0.2, 0.25) is 0 Å². The van der Waals surface area contributed by atoms with Gasteiger partial charge in [0.15, 0.2) is 0 Å². The molecule has 1 saturated heterocycles. The maximum atomic E-state index is 12.7. The lowest BCUT2D eigenvalue weighted by Crippen LogP contribution is -2.48. The van der Waals surface area contributed by atoms with Crippen LogP contribution in [0.5, 0.6) is 0 Å². The molecule has 24 heavy (non-hydrogen) atoms. The molecule has 1 aliphatic rings. The Hall–Kier alpha value is -1.25. The van der Waals surface area contributed by atoms with E-state index in [1.807, 2.05) is 32.8 Å². The lowest BCUT2D eigenvalue weighted by molar-refractivity contribution is 0.247. The maximum absolute atomic E-state index is 12.7. The number of aromatic nitrogens is 2. The van der Waals surface area contributed by atoms with Gasteiger partial charge in [0.05, 0.1) is 5.69 Å². The molecule has 0 aromatic carbocycles. The molecule has 136 valence electrons. The summed E-state index contributed by atoms with van der Waals surface area (Å²) in [6, 6.07) is 0.